The van der Waals surface area contributed by atoms with Gasteiger partial charge < -0.3 is 10.0 Å². The van der Waals surface area contributed by atoms with Crippen LogP contribution in [0, 0.1) is 5.41 Å². The molecule has 0 bridgehead atoms. The first-order valence-electron chi connectivity index (χ1n) is 7.33. The van der Waals surface area contributed by atoms with Crippen LogP contribution in [-0.2, 0) is 4.79 Å². The lowest BCUT2D eigenvalue weighted by Gasteiger charge is -2.26. The fourth-order valence-corrected chi connectivity index (χ4v) is 3.36. The Morgan fingerprint density at radius 3 is 2.76 bits per heavy atom. The van der Waals surface area contributed by atoms with Gasteiger partial charge in [-0.3, -0.25) is 0 Å². The Morgan fingerprint density at radius 2 is 2.10 bits per heavy atom. The van der Waals surface area contributed by atoms with E-state index in [-0.39, 0.29) is 0 Å². The second kappa shape index (κ2) is 6.65. The molecule has 1 heterocycles. The van der Waals surface area contributed by atoms with E-state index in [1.54, 1.807) is 6.08 Å². The van der Waals surface area contributed by atoms with Crippen molar-refractivity contribution >= 4 is 33.7 Å². The first-order valence-corrected chi connectivity index (χ1v) is 8.12. The predicted molar refractivity (Wildman–Crippen MR) is 90.7 cm³/mol. The third-order valence-corrected chi connectivity index (χ3v) is 4.71. The average Bonchev–Trinajstić information content (AvgIpc) is 2.58. The number of nitrogens with zero attached hydrogens (tertiary/aromatic N) is 1. The van der Waals surface area contributed by atoms with Crippen molar-refractivity contribution < 1.29 is 9.90 Å². The molecular weight excluding hydrogens is 330 g/mol. The van der Waals surface area contributed by atoms with Crippen molar-refractivity contribution in [3.8, 4) is 0 Å². The number of carboxylic acid groups (broad SMARTS) is 1. The highest BCUT2D eigenvalue weighted by atomic mass is 79.9. The predicted octanol–water partition coefficient (Wildman–Crippen LogP) is 4.56. The monoisotopic (exact) mass is 351 g/mol. The number of benzene rings is 1. The summed E-state index contributed by atoms with van der Waals surface area (Å²) >= 11 is 3.62. The number of carboxylic acids is 1. The van der Waals surface area contributed by atoms with Gasteiger partial charge in [-0.05, 0) is 64.4 Å². The Labute approximate surface area is 134 Å². The van der Waals surface area contributed by atoms with Crippen molar-refractivity contribution in [2.24, 2.45) is 5.41 Å². The highest BCUT2D eigenvalue weighted by Crippen LogP contribution is 2.34. The van der Waals surface area contributed by atoms with E-state index in [9.17, 15) is 4.79 Å². The van der Waals surface area contributed by atoms with Gasteiger partial charge in [0.25, 0.3) is 0 Å². The molecule has 1 aromatic carbocycles. The van der Waals surface area contributed by atoms with Crippen molar-refractivity contribution in [2.75, 3.05) is 18.0 Å². The van der Waals surface area contributed by atoms with Gasteiger partial charge in [-0.15, -0.1) is 0 Å². The second-order valence-electron chi connectivity index (χ2n) is 6.39. The van der Waals surface area contributed by atoms with Gasteiger partial charge in [0.2, 0.25) is 0 Å². The Bertz CT molecular complexity index is 552. The first-order chi connectivity index (χ1) is 9.87. The minimum absolute atomic E-state index is 0.422. The summed E-state index contributed by atoms with van der Waals surface area (Å²) in [6.45, 7) is 6.82. The number of anilines is 1. The SMILES string of the molecule is CC1(C)CCCN(c2ccc(/C=C/C(=O)O)cc2Br)CC1. The number of halogens is 1. The van der Waals surface area contributed by atoms with E-state index < -0.39 is 5.97 Å². The van der Waals surface area contributed by atoms with Crippen molar-refractivity contribution in [1.29, 1.82) is 0 Å². The topological polar surface area (TPSA) is 40.5 Å². The van der Waals surface area contributed by atoms with E-state index in [1.807, 2.05) is 12.1 Å². The van der Waals surface area contributed by atoms with Crippen molar-refractivity contribution in [1.82, 2.24) is 0 Å². The fourth-order valence-electron chi connectivity index (χ4n) is 2.71. The minimum atomic E-state index is -0.926. The van der Waals surface area contributed by atoms with E-state index in [0.717, 1.165) is 29.2 Å². The molecule has 0 atom stereocenters. The van der Waals surface area contributed by atoms with Crippen LogP contribution < -0.4 is 4.90 Å². The van der Waals surface area contributed by atoms with Crippen LogP contribution in [0.2, 0.25) is 0 Å². The van der Waals surface area contributed by atoms with Gasteiger partial charge in [-0.2, -0.15) is 0 Å². The van der Waals surface area contributed by atoms with E-state index >= 15 is 0 Å². The minimum Gasteiger partial charge on any atom is -0.478 e. The van der Waals surface area contributed by atoms with E-state index in [1.165, 1.54) is 24.9 Å². The normalized spacial score (nSPS) is 18.7. The van der Waals surface area contributed by atoms with E-state index in [4.69, 9.17) is 5.11 Å². The molecule has 0 amide bonds. The van der Waals surface area contributed by atoms with Crippen LogP contribution in [0.25, 0.3) is 6.08 Å². The lowest BCUT2D eigenvalue weighted by molar-refractivity contribution is -0.131. The molecule has 0 aromatic heterocycles. The number of hydrogen-bond donors (Lipinski definition) is 1. The molecule has 0 aliphatic carbocycles. The summed E-state index contributed by atoms with van der Waals surface area (Å²) in [5.41, 5.74) is 2.51. The van der Waals surface area contributed by atoms with Gasteiger partial charge in [-0.25, -0.2) is 4.79 Å². The molecule has 1 aromatic rings. The van der Waals surface area contributed by atoms with E-state index in [2.05, 4.69) is 40.7 Å². The van der Waals surface area contributed by atoms with Crippen LogP contribution in [0.5, 0.6) is 0 Å². The smallest absolute Gasteiger partial charge is 0.328 e. The molecule has 4 heteroatoms. The van der Waals surface area contributed by atoms with Crippen molar-refractivity contribution in [2.45, 2.75) is 33.1 Å². The first kappa shape index (κ1) is 16.1. The largest absolute Gasteiger partial charge is 0.478 e. The van der Waals surface area contributed by atoms with Crippen molar-refractivity contribution in [3.63, 3.8) is 0 Å². The Hall–Kier alpha value is -1.29. The number of carbonyl (C=O) groups is 1. The summed E-state index contributed by atoms with van der Waals surface area (Å²) in [7, 11) is 0. The van der Waals surface area contributed by atoms with Gasteiger partial charge in [-0.1, -0.05) is 19.9 Å². The molecule has 1 aliphatic heterocycles. The summed E-state index contributed by atoms with van der Waals surface area (Å²) in [6, 6.07) is 6.02. The molecule has 1 N–H and O–H groups in total. The summed E-state index contributed by atoms with van der Waals surface area (Å²) < 4.78 is 1.02. The third-order valence-electron chi connectivity index (χ3n) is 4.07. The molecule has 21 heavy (non-hydrogen) atoms. The zero-order chi connectivity index (χ0) is 15.5. The molecule has 3 nitrogen and oxygen atoms in total. The summed E-state index contributed by atoms with van der Waals surface area (Å²) in [6.07, 6.45) is 6.44. The van der Waals surface area contributed by atoms with Crippen LogP contribution in [-0.4, -0.2) is 24.2 Å². The second-order valence-corrected chi connectivity index (χ2v) is 7.24. The highest BCUT2D eigenvalue weighted by molar-refractivity contribution is 9.10. The van der Waals surface area contributed by atoms with Gasteiger partial charge in [0.05, 0.1) is 5.69 Å². The zero-order valence-corrected chi connectivity index (χ0v) is 14.2. The molecule has 114 valence electrons. The molecule has 0 radical (unpaired) electrons. The van der Waals surface area contributed by atoms with Gasteiger partial charge in [0.1, 0.15) is 0 Å². The number of rotatable bonds is 3. The molecule has 0 spiro atoms. The molecule has 0 saturated carbocycles. The van der Waals surface area contributed by atoms with Crippen LogP contribution >= 0.6 is 15.9 Å². The lowest BCUT2D eigenvalue weighted by Crippen LogP contribution is -2.25. The summed E-state index contributed by atoms with van der Waals surface area (Å²) in [5.74, 6) is -0.926. The summed E-state index contributed by atoms with van der Waals surface area (Å²) in [4.78, 5) is 13.0. The number of aliphatic carboxylic acids is 1. The van der Waals surface area contributed by atoms with Crippen LogP contribution in [0.4, 0.5) is 5.69 Å². The molecule has 2 rings (SSSR count). The van der Waals surface area contributed by atoms with Gasteiger partial charge in [0.15, 0.2) is 0 Å². The van der Waals surface area contributed by atoms with Crippen LogP contribution in [0.1, 0.15) is 38.7 Å². The number of hydrogen-bond acceptors (Lipinski definition) is 2. The molecular formula is C17H22BrNO2. The Balaban J connectivity index is 2.15. The molecule has 1 saturated heterocycles. The lowest BCUT2D eigenvalue weighted by atomic mass is 9.85. The fraction of sp³-hybridized carbons (Fsp3) is 0.471. The molecule has 1 fully saturated rings. The van der Waals surface area contributed by atoms with Gasteiger partial charge in [0, 0.05) is 23.6 Å². The third kappa shape index (κ3) is 4.60. The van der Waals surface area contributed by atoms with Crippen LogP contribution in [0.3, 0.4) is 0 Å². The Morgan fingerprint density at radius 1 is 1.33 bits per heavy atom. The maximum Gasteiger partial charge on any atom is 0.328 e. The maximum absolute atomic E-state index is 10.6. The van der Waals surface area contributed by atoms with Crippen molar-refractivity contribution in [3.05, 3.63) is 34.3 Å². The molecule has 0 unspecified atom stereocenters. The summed E-state index contributed by atoms with van der Waals surface area (Å²) in [5, 5.41) is 8.68. The quantitative estimate of drug-likeness (QED) is 0.811. The highest BCUT2D eigenvalue weighted by Gasteiger charge is 2.23. The molecule has 1 aliphatic rings. The average molecular weight is 352 g/mol. The van der Waals surface area contributed by atoms with Crippen LogP contribution in [0.15, 0.2) is 28.7 Å². The Kier molecular flexibility index (Phi) is 5.09. The maximum atomic E-state index is 10.6. The zero-order valence-electron chi connectivity index (χ0n) is 12.6. The van der Waals surface area contributed by atoms with E-state index in [0.29, 0.717) is 5.41 Å². The van der Waals surface area contributed by atoms with Gasteiger partial charge >= 0.3 is 5.97 Å². The standard InChI is InChI=1S/C17H22BrNO2/c1-17(2)8-3-10-19(11-9-17)15-6-4-13(12-14(15)18)5-7-16(20)21/h4-7,12H,3,8-11H2,1-2H3,(H,20,21)/b7-5+.